The van der Waals surface area contributed by atoms with Gasteiger partial charge in [-0.2, -0.15) is 0 Å². The number of non-ortho nitro benzene ring substituents is 1. The monoisotopic (exact) mass is 561 g/mol. The third kappa shape index (κ3) is 8.42. The summed E-state index contributed by atoms with van der Waals surface area (Å²) in [7, 11) is -2.20. The van der Waals surface area contributed by atoms with Crippen molar-refractivity contribution in [2.45, 2.75) is 24.7 Å². The molecule has 2 rings (SSSR count). The van der Waals surface area contributed by atoms with Gasteiger partial charge in [0, 0.05) is 38.8 Å². The molecular weight excluding hydrogens is 533 g/mol. The molecule has 0 aliphatic heterocycles. The van der Waals surface area contributed by atoms with Gasteiger partial charge in [-0.3, -0.25) is 15.1 Å². The number of hydrogen-bond donors (Lipinski definition) is 3. The minimum Gasteiger partial charge on any atom is -0.356 e. The lowest BCUT2D eigenvalue weighted by molar-refractivity contribution is -0.385. The first kappa shape index (κ1) is 26.8. The number of sulfonamides is 1. The molecule has 9 nitrogen and oxygen atoms in total. The molecule has 0 radical (unpaired) electrons. The highest BCUT2D eigenvalue weighted by Gasteiger charge is 2.17. The average Bonchev–Trinajstić information content (AvgIpc) is 2.73. The number of hydrogen-bond acceptors (Lipinski definition) is 5. The second-order valence-corrected chi connectivity index (χ2v) is 8.61. The third-order valence-corrected chi connectivity index (χ3v) is 5.95. The van der Waals surface area contributed by atoms with E-state index < -0.39 is 14.9 Å². The van der Waals surface area contributed by atoms with E-state index >= 15 is 0 Å². The van der Waals surface area contributed by atoms with Gasteiger partial charge in [0.1, 0.15) is 0 Å². The van der Waals surface area contributed by atoms with Crippen LogP contribution in [0.1, 0.15) is 24.0 Å². The third-order valence-electron chi connectivity index (χ3n) is 4.49. The van der Waals surface area contributed by atoms with Crippen LogP contribution in [0.4, 0.5) is 5.69 Å². The topological polar surface area (TPSA) is 126 Å². The lowest BCUT2D eigenvalue weighted by Gasteiger charge is -2.17. The first-order chi connectivity index (χ1) is 14.2. The molecule has 0 bridgehead atoms. The van der Waals surface area contributed by atoms with Gasteiger partial charge < -0.3 is 10.6 Å². The van der Waals surface area contributed by atoms with Gasteiger partial charge in [-0.25, -0.2) is 13.1 Å². The van der Waals surface area contributed by atoms with Crippen molar-refractivity contribution in [3.8, 4) is 0 Å². The zero-order valence-electron chi connectivity index (χ0n) is 17.7. The molecule has 0 aliphatic rings. The fraction of sp³-hybridized carbons (Fsp3) is 0.350. The molecule has 0 saturated carbocycles. The SMILES string of the molecule is CN=C(NCCNS(=O)(=O)c1cccc([N+](=O)[O-])c1)NCC(C)c1ccc(C)cc1.I. The van der Waals surface area contributed by atoms with E-state index in [9.17, 15) is 18.5 Å². The van der Waals surface area contributed by atoms with E-state index in [0.717, 1.165) is 6.07 Å². The van der Waals surface area contributed by atoms with Crippen molar-refractivity contribution in [2.24, 2.45) is 4.99 Å². The summed E-state index contributed by atoms with van der Waals surface area (Å²) in [6.45, 7) is 5.22. The van der Waals surface area contributed by atoms with Gasteiger partial charge in [-0.1, -0.05) is 42.8 Å². The van der Waals surface area contributed by atoms with Gasteiger partial charge >= 0.3 is 0 Å². The Kier molecular flexibility index (Phi) is 10.9. The van der Waals surface area contributed by atoms with Gasteiger partial charge in [0.25, 0.3) is 5.69 Å². The van der Waals surface area contributed by atoms with Crippen molar-refractivity contribution in [1.82, 2.24) is 15.4 Å². The van der Waals surface area contributed by atoms with Gasteiger partial charge in [0.2, 0.25) is 10.0 Å². The van der Waals surface area contributed by atoms with E-state index in [1.807, 2.05) is 6.92 Å². The maximum absolute atomic E-state index is 12.3. The van der Waals surface area contributed by atoms with Crippen molar-refractivity contribution >= 4 is 45.6 Å². The van der Waals surface area contributed by atoms with Crippen LogP contribution in [0, 0.1) is 17.0 Å². The Morgan fingerprint density at radius 1 is 1.13 bits per heavy atom. The minimum atomic E-state index is -3.84. The van der Waals surface area contributed by atoms with E-state index in [2.05, 4.69) is 51.5 Å². The summed E-state index contributed by atoms with van der Waals surface area (Å²) in [4.78, 5) is 14.2. The molecule has 0 amide bonds. The highest BCUT2D eigenvalue weighted by Crippen LogP contribution is 2.17. The number of nitrogens with zero attached hydrogens (tertiary/aromatic N) is 2. The zero-order valence-corrected chi connectivity index (χ0v) is 20.8. The largest absolute Gasteiger partial charge is 0.356 e. The molecule has 1 atom stereocenters. The first-order valence-corrected chi connectivity index (χ1v) is 11.0. The summed E-state index contributed by atoms with van der Waals surface area (Å²) in [6.07, 6.45) is 0. The first-order valence-electron chi connectivity index (χ1n) is 9.48. The van der Waals surface area contributed by atoms with Crippen molar-refractivity contribution in [3.63, 3.8) is 0 Å². The van der Waals surface area contributed by atoms with Crippen LogP contribution < -0.4 is 15.4 Å². The molecule has 2 aromatic rings. The Morgan fingerprint density at radius 3 is 2.42 bits per heavy atom. The van der Waals surface area contributed by atoms with Crippen molar-refractivity contribution < 1.29 is 13.3 Å². The summed E-state index contributed by atoms with van der Waals surface area (Å²) in [5.41, 5.74) is 2.15. The molecule has 1 unspecified atom stereocenters. The molecule has 2 aromatic carbocycles. The van der Waals surface area contributed by atoms with Gasteiger partial charge in [-0.15, -0.1) is 24.0 Å². The van der Waals surface area contributed by atoms with Crippen LogP contribution in [0.15, 0.2) is 58.4 Å². The number of aliphatic imine (C=N–C) groups is 1. The van der Waals surface area contributed by atoms with Crippen LogP contribution in [-0.2, 0) is 10.0 Å². The molecule has 0 saturated heterocycles. The summed E-state index contributed by atoms with van der Waals surface area (Å²) >= 11 is 0. The zero-order chi connectivity index (χ0) is 22.1. The summed E-state index contributed by atoms with van der Waals surface area (Å²) in [5.74, 6) is 0.833. The van der Waals surface area contributed by atoms with Gasteiger partial charge in [-0.05, 0) is 24.5 Å². The molecule has 31 heavy (non-hydrogen) atoms. The molecule has 0 spiro atoms. The molecule has 11 heteroatoms. The number of nitrogens with one attached hydrogen (secondary N) is 3. The smallest absolute Gasteiger partial charge is 0.270 e. The van der Waals surface area contributed by atoms with E-state index in [-0.39, 0.29) is 47.0 Å². The van der Waals surface area contributed by atoms with Crippen LogP contribution in [-0.4, -0.2) is 46.0 Å². The number of nitro benzene ring substituents is 1. The van der Waals surface area contributed by atoms with Crippen LogP contribution in [0.2, 0.25) is 0 Å². The Hall–Kier alpha value is -2.25. The number of guanidine groups is 1. The fourth-order valence-electron chi connectivity index (χ4n) is 2.70. The molecular formula is C20H28IN5O4S. The summed E-state index contributed by atoms with van der Waals surface area (Å²) < 4.78 is 27.0. The number of halogens is 1. The van der Waals surface area contributed by atoms with E-state index in [0.29, 0.717) is 19.0 Å². The Morgan fingerprint density at radius 2 is 1.81 bits per heavy atom. The number of aryl methyl sites for hydroxylation is 1. The molecule has 3 N–H and O–H groups in total. The lowest BCUT2D eigenvalue weighted by Crippen LogP contribution is -2.42. The Balaban J connectivity index is 0.00000480. The van der Waals surface area contributed by atoms with Crippen LogP contribution in [0.3, 0.4) is 0 Å². The second kappa shape index (κ2) is 12.6. The van der Waals surface area contributed by atoms with E-state index in [1.54, 1.807) is 7.05 Å². The van der Waals surface area contributed by atoms with Crippen molar-refractivity contribution in [3.05, 3.63) is 69.8 Å². The molecule has 170 valence electrons. The highest BCUT2D eigenvalue weighted by molar-refractivity contribution is 14.0. The predicted molar refractivity (Wildman–Crippen MR) is 133 cm³/mol. The summed E-state index contributed by atoms with van der Waals surface area (Å²) in [6, 6.07) is 13.3. The quantitative estimate of drug-likeness (QED) is 0.108. The van der Waals surface area contributed by atoms with Crippen molar-refractivity contribution in [2.75, 3.05) is 26.7 Å². The fourth-order valence-corrected chi connectivity index (χ4v) is 3.77. The lowest BCUT2D eigenvalue weighted by atomic mass is 10.0. The Bertz CT molecular complexity index is 997. The van der Waals surface area contributed by atoms with Crippen LogP contribution >= 0.6 is 24.0 Å². The maximum Gasteiger partial charge on any atom is 0.270 e. The van der Waals surface area contributed by atoms with E-state index in [4.69, 9.17) is 0 Å². The minimum absolute atomic E-state index is 0. The second-order valence-electron chi connectivity index (χ2n) is 6.84. The number of benzene rings is 2. The van der Waals surface area contributed by atoms with Crippen LogP contribution in [0.5, 0.6) is 0 Å². The molecule has 0 fully saturated rings. The number of rotatable bonds is 9. The van der Waals surface area contributed by atoms with Gasteiger partial charge in [0.05, 0.1) is 9.82 Å². The normalized spacial score (nSPS) is 12.5. The average molecular weight is 561 g/mol. The van der Waals surface area contributed by atoms with E-state index in [1.165, 1.54) is 29.3 Å². The van der Waals surface area contributed by atoms with Crippen molar-refractivity contribution in [1.29, 1.82) is 0 Å². The molecule has 0 aromatic heterocycles. The maximum atomic E-state index is 12.3. The number of nitro groups is 1. The predicted octanol–water partition coefficient (Wildman–Crippen LogP) is 2.77. The molecule has 0 aliphatic carbocycles. The Labute approximate surface area is 200 Å². The van der Waals surface area contributed by atoms with Crippen LogP contribution in [0.25, 0.3) is 0 Å². The van der Waals surface area contributed by atoms with Gasteiger partial charge in [0.15, 0.2) is 5.96 Å². The summed E-state index contributed by atoms with van der Waals surface area (Å²) in [5, 5.41) is 17.1. The molecule has 0 heterocycles. The highest BCUT2D eigenvalue weighted by atomic mass is 127. The standard InChI is InChI=1S/C20H27N5O4S.HI/c1-15-7-9-17(10-8-15)16(2)14-23-20(21-3)22-11-12-24-30(28,29)19-6-4-5-18(13-19)25(26)27;/h4-10,13,16,24H,11-12,14H2,1-3H3,(H2,21,22,23);1H.